The first-order valence-electron chi connectivity index (χ1n) is 5.71. The summed E-state index contributed by atoms with van der Waals surface area (Å²) in [6, 6.07) is 10.3. The lowest BCUT2D eigenvalue weighted by atomic mass is 9.87. The van der Waals surface area contributed by atoms with Crippen molar-refractivity contribution < 1.29 is 5.11 Å². The van der Waals surface area contributed by atoms with E-state index in [0.717, 1.165) is 25.7 Å². The summed E-state index contributed by atoms with van der Waals surface area (Å²) in [7, 11) is 1.92. The van der Waals surface area contributed by atoms with Gasteiger partial charge in [-0.25, -0.2) is 0 Å². The number of likely N-dealkylation sites (N-methyl/N-ethyl adjacent to an activating group) is 1. The molecule has 0 aromatic heterocycles. The number of nitrogens with one attached hydrogen (secondary N) is 1. The number of aliphatic hydroxyl groups is 1. The zero-order chi connectivity index (χ0) is 10.7. The maximum Gasteiger partial charge on any atom is 0.0841 e. The van der Waals surface area contributed by atoms with Crippen LogP contribution in [0.15, 0.2) is 30.3 Å². The Morgan fingerprint density at radius 2 is 1.80 bits per heavy atom. The zero-order valence-electron chi connectivity index (χ0n) is 9.24. The molecule has 2 rings (SSSR count). The molecule has 2 heteroatoms. The quantitative estimate of drug-likeness (QED) is 0.793. The molecule has 1 aromatic carbocycles. The predicted molar refractivity (Wildman–Crippen MR) is 61.7 cm³/mol. The summed E-state index contributed by atoms with van der Waals surface area (Å²) in [5, 5.41) is 13.8. The van der Waals surface area contributed by atoms with Crippen LogP contribution in [0.25, 0.3) is 0 Å². The summed E-state index contributed by atoms with van der Waals surface area (Å²) in [5.74, 6) is 0. The van der Waals surface area contributed by atoms with E-state index in [9.17, 15) is 5.11 Å². The van der Waals surface area contributed by atoms with Crippen LogP contribution in [0.2, 0.25) is 0 Å². The Morgan fingerprint density at radius 3 is 2.33 bits per heavy atom. The maximum absolute atomic E-state index is 10.5. The molecule has 0 heterocycles. The monoisotopic (exact) mass is 205 g/mol. The molecule has 1 saturated carbocycles. The van der Waals surface area contributed by atoms with Gasteiger partial charge in [0.25, 0.3) is 0 Å². The first-order chi connectivity index (χ1) is 7.26. The van der Waals surface area contributed by atoms with Crippen LogP contribution in [0.3, 0.4) is 0 Å². The number of rotatable bonds is 3. The van der Waals surface area contributed by atoms with E-state index in [4.69, 9.17) is 0 Å². The van der Waals surface area contributed by atoms with Crippen LogP contribution in [-0.4, -0.2) is 17.8 Å². The summed E-state index contributed by atoms with van der Waals surface area (Å²) in [5.41, 5.74) is 0.639. The summed E-state index contributed by atoms with van der Waals surface area (Å²) in [6.45, 7) is 0. The highest BCUT2D eigenvalue weighted by molar-refractivity contribution is 5.22. The molecule has 1 unspecified atom stereocenters. The maximum atomic E-state index is 10.5. The fourth-order valence-corrected chi connectivity index (χ4v) is 2.67. The molecule has 0 radical (unpaired) electrons. The molecule has 1 fully saturated rings. The lowest BCUT2D eigenvalue weighted by Gasteiger charge is -2.32. The molecule has 0 amide bonds. The fraction of sp³-hybridized carbons (Fsp3) is 0.538. The van der Waals surface area contributed by atoms with Gasteiger partial charge in [-0.2, -0.15) is 0 Å². The minimum Gasteiger partial charge on any atom is -0.388 e. The highest BCUT2D eigenvalue weighted by Crippen LogP contribution is 2.39. The van der Waals surface area contributed by atoms with Crippen molar-refractivity contribution in [3.63, 3.8) is 0 Å². The fourth-order valence-electron chi connectivity index (χ4n) is 2.67. The summed E-state index contributed by atoms with van der Waals surface area (Å²) in [4.78, 5) is 0. The Labute approximate surface area is 91.3 Å². The summed E-state index contributed by atoms with van der Waals surface area (Å²) in [6.07, 6.45) is 4.10. The Balaban J connectivity index is 2.24. The topological polar surface area (TPSA) is 32.3 Å². The first kappa shape index (κ1) is 10.7. The lowest BCUT2D eigenvalue weighted by Crippen LogP contribution is -2.40. The highest BCUT2D eigenvalue weighted by atomic mass is 16.3. The third kappa shape index (κ3) is 2.06. The molecular formula is C13H19NO. The van der Waals surface area contributed by atoms with Gasteiger partial charge in [0.05, 0.1) is 11.6 Å². The molecule has 2 nitrogen and oxygen atoms in total. The number of hydrogen-bond donors (Lipinski definition) is 2. The zero-order valence-corrected chi connectivity index (χ0v) is 9.24. The Kier molecular flexibility index (Phi) is 3.08. The van der Waals surface area contributed by atoms with Gasteiger partial charge in [-0.15, -0.1) is 0 Å². The third-order valence-corrected chi connectivity index (χ3v) is 3.43. The molecule has 0 saturated heterocycles. The molecule has 82 valence electrons. The van der Waals surface area contributed by atoms with Crippen LogP contribution < -0.4 is 5.32 Å². The Morgan fingerprint density at radius 1 is 1.20 bits per heavy atom. The van der Waals surface area contributed by atoms with E-state index in [1.807, 2.05) is 25.2 Å². The average molecular weight is 205 g/mol. The van der Waals surface area contributed by atoms with Crippen LogP contribution in [0.5, 0.6) is 0 Å². The standard InChI is InChI=1S/C13H19NO/c1-14-12(11-7-3-2-4-8-11)13(15)9-5-6-10-13/h2-4,7-8,12,14-15H,5-6,9-10H2,1H3. The van der Waals surface area contributed by atoms with Gasteiger partial charge in [0, 0.05) is 0 Å². The van der Waals surface area contributed by atoms with Crippen molar-refractivity contribution in [1.82, 2.24) is 5.32 Å². The van der Waals surface area contributed by atoms with Gasteiger partial charge in [0.15, 0.2) is 0 Å². The predicted octanol–water partition coefficient (Wildman–Crippen LogP) is 2.25. The minimum absolute atomic E-state index is 0.0706. The number of hydrogen-bond acceptors (Lipinski definition) is 2. The van der Waals surface area contributed by atoms with E-state index in [-0.39, 0.29) is 6.04 Å². The van der Waals surface area contributed by atoms with Crippen molar-refractivity contribution in [3.05, 3.63) is 35.9 Å². The second-order valence-corrected chi connectivity index (χ2v) is 4.44. The minimum atomic E-state index is -0.546. The van der Waals surface area contributed by atoms with Crippen LogP contribution >= 0.6 is 0 Å². The van der Waals surface area contributed by atoms with E-state index < -0.39 is 5.60 Å². The Bertz CT molecular complexity index is 304. The molecule has 0 spiro atoms. The van der Waals surface area contributed by atoms with Gasteiger partial charge in [-0.1, -0.05) is 43.2 Å². The van der Waals surface area contributed by atoms with Crippen LogP contribution in [-0.2, 0) is 0 Å². The van der Waals surface area contributed by atoms with Gasteiger partial charge in [0.1, 0.15) is 0 Å². The van der Waals surface area contributed by atoms with Gasteiger partial charge < -0.3 is 10.4 Å². The van der Waals surface area contributed by atoms with Crippen molar-refractivity contribution >= 4 is 0 Å². The summed E-state index contributed by atoms with van der Waals surface area (Å²) < 4.78 is 0. The second kappa shape index (κ2) is 4.33. The van der Waals surface area contributed by atoms with Crippen LogP contribution in [0.1, 0.15) is 37.3 Å². The molecule has 1 atom stereocenters. The van der Waals surface area contributed by atoms with Crippen molar-refractivity contribution in [3.8, 4) is 0 Å². The average Bonchev–Trinajstić information content (AvgIpc) is 2.68. The molecular weight excluding hydrogens is 186 g/mol. The SMILES string of the molecule is CNC(c1ccccc1)C1(O)CCCC1. The largest absolute Gasteiger partial charge is 0.388 e. The third-order valence-electron chi connectivity index (χ3n) is 3.43. The first-order valence-corrected chi connectivity index (χ1v) is 5.71. The van der Waals surface area contributed by atoms with E-state index >= 15 is 0 Å². The van der Waals surface area contributed by atoms with Crippen molar-refractivity contribution in [1.29, 1.82) is 0 Å². The smallest absolute Gasteiger partial charge is 0.0841 e. The van der Waals surface area contributed by atoms with Crippen molar-refractivity contribution in [2.24, 2.45) is 0 Å². The number of benzene rings is 1. The normalized spacial score (nSPS) is 21.5. The van der Waals surface area contributed by atoms with Gasteiger partial charge in [0.2, 0.25) is 0 Å². The van der Waals surface area contributed by atoms with E-state index in [1.54, 1.807) is 0 Å². The van der Waals surface area contributed by atoms with Crippen molar-refractivity contribution in [2.75, 3.05) is 7.05 Å². The van der Waals surface area contributed by atoms with Gasteiger partial charge in [-0.3, -0.25) is 0 Å². The molecule has 0 bridgehead atoms. The van der Waals surface area contributed by atoms with Crippen molar-refractivity contribution in [2.45, 2.75) is 37.3 Å². The molecule has 1 aliphatic carbocycles. The van der Waals surface area contributed by atoms with E-state index in [2.05, 4.69) is 17.4 Å². The molecule has 1 aromatic rings. The summed E-state index contributed by atoms with van der Waals surface area (Å²) >= 11 is 0. The Hall–Kier alpha value is -0.860. The van der Waals surface area contributed by atoms with Crippen LogP contribution in [0.4, 0.5) is 0 Å². The highest BCUT2D eigenvalue weighted by Gasteiger charge is 2.39. The van der Waals surface area contributed by atoms with Gasteiger partial charge >= 0.3 is 0 Å². The van der Waals surface area contributed by atoms with Gasteiger partial charge in [-0.05, 0) is 25.5 Å². The molecule has 15 heavy (non-hydrogen) atoms. The van der Waals surface area contributed by atoms with E-state index in [0.29, 0.717) is 0 Å². The second-order valence-electron chi connectivity index (χ2n) is 4.44. The van der Waals surface area contributed by atoms with E-state index in [1.165, 1.54) is 5.56 Å². The van der Waals surface area contributed by atoms with Crippen LogP contribution in [0, 0.1) is 0 Å². The lowest BCUT2D eigenvalue weighted by molar-refractivity contribution is 0.00956. The molecule has 0 aliphatic heterocycles. The molecule has 2 N–H and O–H groups in total. The molecule has 1 aliphatic rings.